The zero-order valence-electron chi connectivity index (χ0n) is 14.9. The Balaban J connectivity index is 1.61. The molecule has 2 amide bonds. The van der Waals surface area contributed by atoms with Gasteiger partial charge in [0.05, 0.1) is 34.2 Å². The fourth-order valence-electron chi connectivity index (χ4n) is 3.05. The number of aromatic nitrogens is 2. The number of benzene rings is 2. The number of amides is 2. The van der Waals surface area contributed by atoms with Crippen molar-refractivity contribution < 1.29 is 9.59 Å². The highest BCUT2D eigenvalue weighted by molar-refractivity contribution is 8.00. The summed E-state index contributed by atoms with van der Waals surface area (Å²) in [5, 5.41) is 10.3. The number of rotatable bonds is 3. The van der Waals surface area contributed by atoms with E-state index < -0.39 is 0 Å². The van der Waals surface area contributed by atoms with Crippen LogP contribution in [0.5, 0.6) is 0 Å². The van der Waals surface area contributed by atoms with E-state index in [1.54, 1.807) is 12.1 Å². The number of para-hydroxylation sites is 1. The normalized spacial score (nSPS) is 13.0. The van der Waals surface area contributed by atoms with Crippen LogP contribution in [0, 0.1) is 13.8 Å². The topological polar surface area (TPSA) is 76.0 Å². The van der Waals surface area contributed by atoms with E-state index in [0.717, 1.165) is 22.0 Å². The first kappa shape index (κ1) is 17.4. The number of aryl methyl sites for hydroxylation is 1. The number of nitrogens with zero attached hydrogens (tertiary/aromatic N) is 2. The van der Waals surface area contributed by atoms with E-state index in [1.807, 2.05) is 54.9 Å². The SMILES string of the molecule is Cc1nn(-c2ccccc2)c(C)c1NC(=O)c1ccc2c(c1)NC(=O)CS2. The summed E-state index contributed by atoms with van der Waals surface area (Å²) in [6.45, 7) is 3.79. The van der Waals surface area contributed by atoms with Crippen molar-refractivity contribution in [3.63, 3.8) is 0 Å². The second-order valence-corrected chi connectivity index (χ2v) is 7.31. The number of carbonyl (C=O) groups excluding carboxylic acids is 2. The predicted molar refractivity (Wildman–Crippen MR) is 107 cm³/mol. The Labute approximate surface area is 161 Å². The summed E-state index contributed by atoms with van der Waals surface area (Å²) < 4.78 is 1.81. The number of carbonyl (C=O) groups is 2. The molecular weight excluding hydrogens is 360 g/mol. The molecule has 1 aromatic heterocycles. The Morgan fingerprint density at radius 1 is 1.19 bits per heavy atom. The zero-order chi connectivity index (χ0) is 19.0. The fraction of sp³-hybridized carbons (Fsp3) is 0.150. The molecule has 0 spiro atoms. The van der Waals surface area contributed by atoms with Gasteiger partial charge >= 0.3 is 0 Å². The van der Waals surface area contributed by atoms with Gasteiger partial charge in [-0.2, -0.15) is 5.10 Å². The average molecular weight is 378 g/mol. The maximum atomic E-state index is 12.8. The van der Waals surface area contributed by atoms with Crippen LogP contribution in [0.3, 0.4) is 0 Å². The number of fused-ring (bicyclic) bond motifs is 1. The molecule has 6 nitrogen and oxygen atoms in total. The molecule has 0 unspecified atom stereocenters. The van der Waals surface area contributed by atoms with Crippen LogP contribution in [-0.4, -0.2) is 27.3 Å². The molecule has 27 heavy (non-hydrogen) atoms. The smallest absolute Gasteiger partial charge is 0.255 e. The van der Waals surface area contributed by atoms with Crippen molar-refractivity contribution >= 4 is 35.0 Å². The molecule has 0 aliphatic carbocycles. The number of nitrogens with one attached hydrogen (secondary N) is 2. The quantitative estimate of drug-likeness (QED) is 0.727. The van der Waals surface area contributed by atoms with E-state index in [9.17, 15) is 9.59 Å². The van der Waals surface area contributed by atoms with Crippen molar-refractivity contribution in [3.8, 4) is 5.69 Å². The summed E-state index contributed by atoms with van der Waals surface area (Å²) in [5.74, 6) is 0.109. The highest BCUT2D eigenvalue weighted by atomic mass is 32.2. The van der Waals surface area contributed by atoms with E-state index in [-0.39, 0.29) is 11.8 Å². The van der Waals surface area contributed by atoms with Gasteiger partial charge in [-0.05, 0) is 44.2 Å². The van der Waals surface area contributed by atoms with Crippen LogP contribution in [0.1, 0.15) is 21.7 Å². The van der Waals surface area contributed by atoms with Crippen LogP contribution in [0.15, 0.2) is 53.4 Å². The van der Waals surface area contributed by atoms with Crippen LogP contribution in [-0.2, 0) is 4.79 Å². The fourth-order valence-corrected chi connectivity index (χ4v) is 3.84. The third-order valence-electron chi connectivity index (χ3n) is 4.41. The monoisotopic (exact) mass is 378 g/mol. The summed E-state index contributed by atoms with van der Waals surface area (Å²) in [7, 11) is 0. The van der Waals surface area contributed by atoms with Crippen LogP contribution in [0.25, 0.3) is 5.69 Å². The van der Waals surface area contributed by atoms with E-state index in [1.165, 1.54) is 11.8 Å². The molecule has 136 valence electrons. The Morgan fingerprint density at radius 2 is 1.96 bits per heavy atom. The van der Waals surface area contributed by atoms with Gasteiger partial charge in [0.2, 0.25) is 5.91 Å². The van der Waals surface area contributed by atoms with Gasteiger partial charge in [0, 0.05) is 10.5 Å². The van der Waals surface area contributed by atoms with Gasteiger partial charge in [-0.15, -0.1) is 11.8 Å². The van der Waals surface area contributed by atoms with Gasteiger partial charge in [0.1, 0.15) is 0 Å². The first-order chi connectivity index (χ1) is 13.0. The molecule has 0 saturated carbocycles. The van der Waals surface area contributed by atoms with Gasteiger partial charge in [0.15, 0.2) is 0 Å². The average Bonchev–Trinajstić information content (AvgIpc) is 2.96. The van der Waals surface area contributed by atoms with Crippen LogP contribution in [0.2, 0.25) is 0 Å². The van der Waals surface area contributed by atoms with Gasteiger partial charge in [0.25, 0.3) is 5.91 Å². The van der Waals surface area contributed by atoms with E-state index >= 15 is 0 Å². The van der Waals surface area contributed by atoms with Crippen molar-refractivity contribution in [3.05, 3.63) is 65.5 Å². The van der Waals surface area contributed by atoms with Gasteiger partial charge in [-0.25, -0.2) is 4.68 Å². The third-order valence-corrected chi connectivity index (χ3v) is 5.48. The Kier molecular flexibility index (Phi) is 4.45. The van der Waals surface area contributed by atoms with Crippen LogP contribution >= 0.6 is 11.8 Å². The van der Waals surface area contributed by atoms with E-state index in [4.69, 9.17) is 0 Å². The molecule has 7 heteroatoms. The lowest BCUT2D eigenvalue weighted by molar-refractivity contribution is -0.113. The second-order valence-electron chi connectivity index (χ2n) is 6.30. The molecule has 2 aromatic carbocycles. The predicted octanol–water partition coefficient (Wildman–Crippen LogP) is 3.79. The Bertz CT molecular complexity index is 1040. The van der Waals surface area contributed by atoms with Gasteiger partial charge in [-0.3, -0.25) is 9.59 Å². The number of hydrogen-bond donors (Lipinski definition) is 2. The van der Waals surface area contributed by atoms with Crippen molar-refractivity contribution in [2.75, 3.05) is 16.4 Å². The molecule has 2 heterocycles. The highest BCUT2D eigenvalue weighted by Gasteiger charge is 2.19. The van der Waals surface area contributed by atoms with E-state index in [2.05, 4.69) is 15.7 Å². The molecule has 0 bridgehead atoms. The minimum atomic E-state index is -0.235. The van der Waals surface area contributed by atoms with Gasteiger partial charge < -0.3 is 10.6 Å². The second kappa shape index (κ2) is 6.92. The lowest BCUT2D eigenvalue weighted by atomic mass is 10.1. The molecule has 0 radical (unpaired) electrons. The number of hydrogen-bond acceptors (Lipinski definition) is 4. The summed E-state index contributed by atoms with van der Waals surface area (Å²) in [6, 6.07) is 15.1. The largest absolute Gasteiger partial charge is 0.324 e. The molecule has 0 atom stereocenters. The number of thioether (sulfide) groups is 1. The summed E-state index contributed by atoms with van der Waals surface area (Å²) in [5.41, 5.74) is 4.40. The lowest BCUT2D eigenvalue weighted by Gasteiger charge is -2.17. The summed E-state index contributed by atoms with van der Waals surface area (Å²) >= 11 is 1.47. The number of anilines is 2. The van der Waals surface area contributed by atoms with E-state index in [0.29, 0.717) is 22.7 Å². The summed E-state index contributed by atoms with van der Waals surface area (Å²) in [4.78, 5) is 25.3. The van der Waals surface area contributed by atoms with Gasteiger partial charge in [-0.1, -0.05) is 18.2 Å². The molecule has 2 N–H and O–H groups in total. The zero-order valence-corrected chi connectivity index (χ0v) is 15.8. The van der Waals surface area contributed by atoms with Crippen molar-refractivity contribution in [2.45, 2.75) is 18.7 Å². The molecule has 1 aliphatic heterocycles. The van der Waals surface area contributed by atoms with Crippen LogP contribution in [0.4, 0.5) is 11.4 Å². The Hall–Kier alpha value is -3.06. The highest BCUT2D eigenvalue weighted by Crippen LogP contribution is 2.32. The minimum Gasteiger partial charge on any atom is -0.324 e. The molecule has 3 aromatic rings. The standard InChI is InChI=1S/C20H18N4O2S/c1-12-19(13(2)24(23-12)15-6-4-3-5-7-15)22-20(26)14-8-9-17-16(10-14)21-18(25)11-27-17/h3-10H,11H2,1-2H3,(H,21,25)(H,22,26). The first-order valence-corrected chi connectivity index (χ1v) is 9.51. The molecule has 0 saturated heterocycles. The lowest BCUT2D eigenvalue weighted by Crippen LogP contribution is -2.20. The maximum absolute atomic E-state index is 12.8. The third kappa shape index (κ3) is 3.33. The van der Waals surface area contributed by atoms with Crippen LogP contribution < -0.4 is 10.6 Å². The van der Waals surface area contributed by atoms with Crippen molar-refractivity contribution in [1.82, 2.24) is 9.78 Å². The molecule has 4 rings (SSSR count). The van der Waals surface area contributed by atoms with Crippen molar-refractivity contribution in [2.24, 2.45) is 0 Å². The van der Waals surface area contributed by atoms with Crippen molar-refractivity contribution in [1.29, 1.82) is 0 Å². The molecular formula is C20H18N4O2S. The minimum absolute atomic E-state index is 0.0547. The molecule has 1 aliphatic rings. The molecule has 0 fully saturated rings. The maximum Gasteiger partial charge on any atom is 0.255 e. The Morgan fingerprint density at radius 3 is 2.74 bits per heavy atom. The first-order valence-electron chi connectivity index (χ1n) is 8.52. The summed E-state index contributed by atoms with van der Waals surface area (Å²) in [6.07, 6.45) is 0.